The van der Waals surface area contributed by atoms with Gasteiger partial charge in [0.15, 0.2) is 0 Å². The molecule has 122 valence electrons. The van der Waals surface area contributed by atoms with Gasteiger partial charge in [-0.2, -0.15) is 13.2 Å². The Balaban J connectivity index is 2.00. The van der Waals surface area contributed by atoms with Crippen molar-refractivity contribution in [3.63, 3.8) is 0 Å². The van der Waals surface area contributed by atoms with E-state index in [1.807, 2.05) is 0 Å². The second kappa shape index (κ2) is 7.10. The highest BCUT2D eigenvalue weighted by Crippen LogP contribution is 2.31. The monoisotopic (exact) mass is 362 g/mol. The van der Waals surface area contributed by atoms with Crippen LogP contribution in [0.5, 0.6) is 0 Å². The summed E-state index contributed by atoms with van der Waals surface area (Å²) in [5, 5.41) is 5.80. The summed E-state index contributed by atoms with van der Waals surface area (Å²) in [6, 6.07) is 9.23. The van der Waals surface area contributed by atoms with Crippen LogP contribution in [0.1, 0.15) is 5.56 Å². The van der Waals surface area contributed by atoms with Gasteiger partial charge in [-0.3, -0.25) is 4.79 Å². The van der Waals surface area contributed by atoms with E-state index in [0.29, 0.717) is 15.7 Å². The lowest BCUT2D eigenvalue weighted by Crippen LogP contribution is -2.22. The van der Waals surface area contributed by atoms with Crippen LogP contribution in [0.2, 0.25) is 10.0 Å². The van der Waals surface area contributed by atoms with Gasteiger partial charge in [-0.15, -0.1) is 0 Å². The summed E-state index contributed by atoms with van der Waals surface area (Å²) in [5.74, 6) is -0.527. The molecule has 0 spiro atoms. The SMILES string of the molecule is O=C(CNc1c(Cl)cccc1Cl)Nc1cccc(C(F)(F)F)c1. The van der Waals surface area contributed by atoms with Gasteiger partial charge in [0.25, 0.3) is 0 Å². The number of hydrogen-bond acceptors (Lipinski definition) is 2. The van der Waals surface area contributed by atoms with Crippen LogP contribution in [0.15, 0.2) is 42.5 Å². The van der Waals surface area contributed by atoms with Crippen LogP contribution < -0.4 is 10.6 Å². The fraction of sp³-hybridized carbons (Fsp3) is 0.133. The van der Waals surface area contributed by atoms with Crippen LogP contribution >= 0.6 is 23.2 Å². The van der Waals surface area contributed by atoms with Gasteiger partial charge in [0.05, 0.1) is 27.8 Å². The summed E-state index contributed by atoms with van der Waals surface area (Å²) in [5.41, 5.74) is -0.399. The van der Waals surface area contributed by atoms with Gasteiger partial charge in [0, 0.05) is 5.69 Å². The number of alkyl halides is 3. The molecule has 0 fully saturated rings. The molecule has 1 amide bonds. The third-order valence-electron chi connectivity index (χ3n) is 2.86. The number of rotatable bonds is 4. The van der Waals surface area contributed by atoms with Crippen molar-refractivity contribution < 1.29 is 18.0 Å². The van der Waals surface area contributed by atoms with Gasteiger partial charge in [0.1, 0.15) is 0 Å². The Labute approximate surface area is 140 Å². The number of hydrogen-bond donors (Lipinski definition) is 2. The molecule has 0 aliphatic carbocycles. The molecule has 0 aliphatic rings. The van der Waals surface area contributed by atoms with Crippen LogP contribution in [0.25, 0.3) is 0 Å². The fourth-order valence-corrected chi connectivity index (χ4v) is 2.34. The molecule has 0 unspecified atom stereocenters. The third-order valence-corrected chi connectivity index (χ3v) is 3.49. The van der Waals surface area contributed by atoms with Gasteiger partial charge in [-0.1, -0.05) is 35.3 Å². The number of nitrogens with one attached hydrogen (secondary N) is 2. The maximum absolute atomic E-state index is 12.6. The van der Waals surface area contributed by atoms with E-state index in [0.717, 1.165) is 12.1 Å². The first kappa shape index (κ1) is 17.4. The molecule has 0 atom stereocenters. The van der Waals surface area contributed by atoms with E-state index < -0.39 is 17.6 Å². The number of carbonyl (C=O) groups excluding carboxylic acids is 1. The average molecular weight is 363 g/mol. The first-order chi connectivity index (χ1) is 10.8. The fourth-order valence-electron chi connectivity index (χ4n) is 1.81. The highest BCUT2D eigenvalue weighted by atomic mass is 35.5. The van der Waals surface area contributed by atoms with Crippen molar-refractivity contribution in [2.75, 3.05) is 17.2 Å². The van der Waals surface area contributed by atoms with Crippen molar-refractivity contribution in [1.82, 2.24) is 0 Å². The Bertz CT molecular complexity index is 700. The topological polar surface area (TPSA) is 41.1 Å². The van der Waals surface area contributed by atoms with Gasteiger partial charge in [-0.05, 0) is 30.3 Å². The van der Waals surface area contributed by atoms with Crippen LogP contribution in [-0.4, -0.2) is 12.5 Å². The third kappa shape index (κ3) is 4.77. The first-order valence-electron chi connectivity index (χ1n) is 6.42. The maximum atomic E-state index is 12.6. The number of carbonyl (C=O) groups is 1. The smallest absolute Gasteiger partial charge is 0.374 e. The molecular weight excluding hydrogens is 352 g/mol. The summed E-state index contributed by atoms with van der Waals surface area (Å²) in [6.45, 7) is -0.195. The molecule has 0 aromatic heterocycles. The summed E-state index contributed by atoms with van der Waals surface area (Å²) >= 11 is 11.9. The van der Waals surface area contributed by atoms with Crippen LogP contribution in [0.4, 0.5) is 24.5 Å². The van der Waals surface area contributed by atoms with Crippen molar-refractivity contribution in [1.29, 1.82) is 0 Å². The molecule has 0 saturated heterocycles. The summed E-state index contributed by atoms with van der Waals surface area (Å²) in [7, 11) is 0. The Hall–Kier alpha value is -1.92. The summed E-state index contributed by atoms with van der Waals surface area (Å²) in [6.07, 6.45) is -4.47. The normalized spacial score (nSPS) is 11.2. The van der Waals surface area contributed by atoms with E-state index in [1.54, 1.807) is 18.2 Å². The molecule has 0 saturated carbocycles. The summed E-state index contributed by atoms with van der Waals surface area (Å²) in [4.78, 5) is 11.8. The number of para-hydroxylation sites is 1. The lowest BCUT2D eigenvalue weighted by Gasteiger charge is -2.12. The maximum Gasteiger partial charge on any atom is 0.416 e. The minimum absolute atomic E-state index is 0.0527. The largest absolute Gasteiger partial charge is 0.416 e. The zero-order chi connectivity index (χ0) is 17.0. The molecule has 0 aliphatic heterocycles. The molecule has 23 heavy (non-hydrogen) atoms. The standard InChI is InChI=1S/C15H11Cl2F3N2O/c16-11-5-2-6-12(17)14(11)21-8-13(23)22-10-4-1-3-9(7-10)15(18,19)20/h1-7,21H,8H2,(H,22,23). The van der Waals surface area contributed by atoms with Crippen molar-refractivity contribution in [3.8, 4) is 0 Å². The molecule has 0 bridgehead atoms. The molecular formula is C15H11Cl2F3N2O. The zero-order valence-corrected chi connectivity index (χ0v) is 13.1. The Morgan fingerprint density at radius 1 is 1.04 bits per heavy atom. The predicted molar refractivity (Wildman–Crippen MR) is 85.0 cm³/mol. The minimum Gasteiger partial charge on any atom is -0.374 e. The number of benzene rings is 2. The second-order valence-corrected chi connectivity index (χ2v) is 5.39. The van der Waals surface area contributed by atoms with Crippen LogP contribution in [-0.2, 0) is 11.0 Å². The van der Waals surface area contributed by atoms with Crippen molar-refractivity contribution in [2.24, 2.45) is 0 Å². The minimum atomic E-state index is -4.47. The van der Waals surface area contributed by atoms with E-state index in [9.17, 15) is 18.0 Å². The van der Waals surface area contributed by atoms with E-state index in [1.165, 1.54) is 12.1 Å². The first-order valence-corrected chi connectivity index (χ1v) is 7.18. The van der Waals surface area contributed by atoms with E-state index in [-0.39, 0.29) is 12.2 Å². The van der Waals surface area contributed by atoms with Gasteiger partial charge in [-0.25, -0.2) is 0 Å². The zero-order valence-electron chi connectivity index (χ0n) is 11.5. The molecule has 2 rings (SSSR count). The van der Waals surface area contributed by atoms with Gasteiger partial charge in [0.2, 0.25) is 5.91 Å². The Morgan fingerprint density at radius 3 is 2.26 bits per heavy atom. The lowest BCUT2D eigenvalue weighted by atomic mass is 10.2. The Morgan fingerprint density at radius 2 is 1.65 bits per heavy atom. The highest BCUT2D eigenvalue weighted by molar-refractivity contribution is 6.39. The van der Waals surface area contributed by atoms with Crippen molar-refractivity contribution in [3.05, 3.63) is 58.1 Å². The number of halogens is 5. The second-order valence-electron chi connectivity index (χ2n) is 4.58. The molecule has 0 radical (unpaired) electrons. The van der Waals surface area contributed by atoms with E-state index in [2.05, 4.69) is 10.6 Å². The number of anilines is 2. The lowest BCUT2D eigenvalue weighted by molar-refractivity contribution is -0.137. The average Bonchev–Trinajstić information content (AvgIpc) is 2.46. The molecule has 0 heterocycles. The predicted octanol–water partition coefficient (Wildman–Crippen LogP) is 5.06. The van der Waals surface area contributed by atoms with Crippen molar-refractivity contribution >= 4 is 40.5 Å². The molecule has 2 N–H and O–H groups in total. The quantitative estimate of drug-likeness (QED) is 0.797. The van der Waals surface area contributed by atoms with Crippen molar-refractivity contribution in [2.45, 2.75) is 6.18 Å². The van der Waals surface area contributed by atoms with Gasteiger partial charge >= 0.3 is 6.18 Å². The molecule has 8 heteroatoms. The number of amides is 1. The summed E-state index contributed by atoms with van der Waals surface area (Å²) < 4.78 is 37.8. The molecule has 2 aromatic carbocycles. The van der Waals surface area contributed by atoms with Crippen LogP contribution in [0, 0.1) is 0 Å². The van der Waals surface area contributed by atoms with E-state index >= 15 is 0 Å². The van der Waals surface area contributed by atoms with E-state index in [4.69, 9.17) is 23.2 Å². The van der Waals surface area contributed by atoms with Crippen LogP contribution in [0.3, 0.4) is 0 Å². The Kier molecular flexibility index (Phi) is 5.38. The highest BCUT2D eigenvalue weighted by Gasteiger charge is 2.30. The molecule has 3 nitrogen and oxygen atoms in total. The molecule has 2 aromatic rings. The van der Waals surface area contributed by atoms with Gasteiger partial charge < -0.3 is 10.6 Å².